The Hall–Kier alpha value is -2.16. The molecule has 0 bridgehead atoms. The molecule has 19 heavy (non-hydrogen) atoms. The Labute approximate surface area is 115 Å². The molecule has 1 aromatic carbocycles. The number of carbonyl (C=O) groups is 1. The van der Waals surface area contributed by atoms with Gasteiger partial charge in [0.15, 0.2) is 0 Å². The van der Waals surface area contributed by atoms with E-state index in [4.69, 9.17) is 5.11 Å². The molecule has 1 aromatic heterocycles. The van der Waals surface area contributed by atoms with Gasteiger partial charge in [-0.2, -0.15) is 0 Å². The van der Waals surface area contributed by atoms with E-state index < -0.39 is 0 Å². The first-order valence-electron chi connectivity index (χ1n) is 5.65. The van der Waals surface area contributed by atoms with Crippen molar-refractivity contribution in [3.63, 3.8) is 0 Å². The van der Waals surface area contributed by atoms with Gasteiger partial charge in [-0.1, -0.05) is 24.0 Å². The molecule has 1 heterocycles. The maximum absolute atomic E-state index is 12.1. The second-order valence-corrected chi connectivity index (χ2v) is 4.63. The number of aromatic nitrogens is 1. The lowest BCUT2D eigenvalue weighted by molar-refractivity contribution is 0.0951. The first-order valence-corrected chi connectivity index (χ1v) is 6.53. The predicted octanol–water partition coefficient (Wildman–Crippen LogP) is 1.42. The number of hydrogen-bond donors (Lipinski definition) is 2. The lowest BCUT2D eigenvalue weighted by Crippen LogP contribution is -2.23. The van der Waals surface area contributed by atoms with Crippen molar-refractivity contribution in [2.24, 2.45) is 0 Å². The Morgan fingerprint density at radius 2 is 2.26 bits per heavy atom. The van der Waals surface area contributed by atoms with Crippen LogP contribution >= 0.6 is 11.3 Å². The third-order valence-electron chi connectivity index (χ3n) is 2.38. The first-order chi connectivity index (χ1) is 9.31. The van der Waals surface area contributed by atoms with Gasteiger partial charge in [0, 0.05) is 16.6 Å². The number of hydrogen-bond acceptors (Lipinski definition) is 4. The SMILES string of the molecule is O=C(NCc1cncs1)c1ccccc1C#CCO. The summed E-state index contributed by atoms with van der Waals surface area (Å²) in [4.78, 5) is 17.0. The number of amides is 1. The number of nitrogens with one attached hydrogen (secondary N) is 1. The molecule has 0 fully saturated rings. The van der Waals surface area contributed by atoms with Crippen LogP contribution in [0, 0.1) is 11.8 Å². The minimum Gasteiger partial charge on any atom is -0.384 e. The number of aliphatic hydroxyl groups excluding tert-OH is 1. The zero-order valence-corrected chi connectivity index (χ0v) is 10.9. The number of rotatable bonds is 3. The third kappa shape index (κ3) is 3.65. The van der Waals surface area contributed by atoms with Crippen molar-refractivity contribution >= 4 is 17.2 Å². The van der Waals surface area contributed by atoms with E-state index in [2.05, 4.69) is 22.1 Å². The molecule has 0 saturated heterocycles. The molecule has 2 aromatic rings. The van der Waals surface area contributed by atoms with Gasteiger partial charge < -0.3 is 10.4 Å². The summed E-state index contributed by atoms with van der Waals surface area (Å²) in [5.74, 6) is 5.13. The smallest absolute Gasteiger partial charge is 0.252 e. The highest BCUT2D eigenvalue weighted by molar-refractivity contribution is 7.09. The highest BCUT2D eigenvalue weighted by Gasteiger charge is 2.09. The van der Waals surface area contributed by atoms with Crippen LogP contribution in [0.4, 0.5) is 0 Å². The van der Waals surface area contributed by atoms with Crippen molar-refractivity contribution in [3.8, 4) is 11.8 Å². The van der Waals surface area contributed by atoms with E-state index in [1.807, 2.05) is 0 Å². The van der Waals surface area contributed by atoms with Crippen LogP contribution in [0.2, 0.25) is 0 Å². The summed E-state index contributed by atoms with van der Waals surface area (Å²) in [7, 11) is 0. The largest absolute Gasteiger partial charge is 0.384 e. The summed E-state index contributed by atoms with van der Waals surface area (Å²) >= 11 is 1.49. The highest BCUT2D eigenvalue weighted by atomic mass is 32.1. The molecule has 5 heteroatoms. The van der Waals surface area contributed by atoms with Crippen LogP contribution in [0.25, 0.3) is 0 Å². The Bertz CT molecular complexity index is 612. The Balaban J connectivity index is 2.10. The number of aliphatic hydroxyl groups is 1. The Kier molecular flexibility index (Phi) is 4.67. The maximum Gasteiger partial charge on any atom is 0.252 e. The van der Waals surface area contributed by atoms with Gasteiger partial charge in [0.25, 0.3) is 5.91 Å². The molecule has 2 rings (SSSR count). The number of carbonyl (C=O) groups excluding carboxylic acids is 1. The van der Waals surface area contributed by atoms with Crippen molar-refractivity contribution in [2.75, 3.05) is 6.61 Å². The van der Waals surface area contributed by atoms with Crippen molar-refractivity contribution in [2.45, 2.75) is 6.54 Å². The van der Waals surface area contributed by atoms with Gasteiger partial charge in [-0.15, -0.1) is 11.3 Å². The van der Waals surface area contributed by atoms with E-state index in [9.17, 15) is 4.79 Å². The monoisotopic (exact) mass is 272 g/mol. The molecule has 0 spiro atoms. The van der Waals surface area contributed by atoms with Crippen molar-refractivity contribution in [1.82, 2.24) is 10.3 Å². The lowest BCUT2D eigenvalue weighted by Gasteiger charge is -2.05. The van der Waals surface area contributed by atoms with E-state index in [1.54, 1.807) is 36.0 Å². The normalized spacial score (nSPS) is 9.53. The maximum atomic E-state index is 12.1. The molecule has 96 valence electrons. The fourth-order valence-corrected chi connectivity index (χ4v) is 2.05. The van der Waals surface area contributed by atoms with Crippen LogP contribution < -0.4 is 5.32 Å². The topological polar surface area (TPSA) is 62.2 Å². The molecule has 0 saturated carbocycles. The van der Waals surface area contributed by atoms with E-state index in [1.165, 1.54) is 11.3 Å². The molecule has 1 amide bonds. The van der Waals surface area contributed by atoms with Gasteiger partial charge >= 0.3 is 0 Å². The average molecular weight is 272 g/mol. The van der Waals surface area contributed by atoms with Crippen LogP contribution in [-0.2, 0) is 6.54 Å². The predicted molar refractivity (Wildman–Crippen MR) is 73.7 cm³/mol. The zero-order chi connectivity index (χ0) is 13.5. The molecule has 0 aliphatic heterocycles. The van der Waals surface area contributed by atoms with Crippen molar-refractivity contribution in [1.29, 1.82) is 0 Å². The Morgan fingerprint density at radius 1 is 1.42 bits per heavy atom. The summed E-state index contributed by atoms with van der Waals surface area (Å²) in [6, 6.07) is 7.06. The van der Waals surface area contributed by atoms with E-state index in [0.29, 0.717) is 17.7 Å². The average Bonchev–Trinajstić information content (AvgIpc) is 2.96. The van der Waals surface area contributed by atoms with Crippen LogP contribution in [-0.4, -0.2) is 22.6 Å². The number of thiazole rings is 1. The van der Waals surface area contributed by atoms with Gasteiger partial charge in [0.05, 0.1) is 17.6 Å². The molecule has 0 unspecified atom stereocenters. The molecule has 2 N–H and O–H groups in total. The van der Waals surface area contributed by atoms with Gasteiger partial charge in [0.1, 0.15) is 6.61 Å². The molecule has 0 atom stereocenters. The van der Waals surface area contributed by atoms with Crippen LogP contribution in [0.15, 0.2) is 36.0 Å². The summed E-state index contributed by atoms with van der Waals surface area (Å²) in [6.45, 7) is 0.224. The second-order valence-electron chi connectivity index (χ2n) is 3.66. The lowest BCUT2D eigenvalue weighted by atomic mass is 10.1. The summed E-state index contributed by atoms with van der Waals surface area (Å²) in [6.07, 6.45) is 1.72. The second kappa shape index (κ2) is 6.69. The summed E-state index contributed by atoms with van der Waals surface area (Å²) < 4.78 is 0. The first kappa shape index (κ1) is 13.3. The van der Waals surface area contributed by atoms with Crippen molar-refractivity contribution < 1.29 is 9.90 Å². The molecular formula is C14H12N2O2S. The molecule has 4 nitrogen and oxygen atoms in total. The molecular weight excluding hydrogens is 260 g/mol. The van der Waals surface area contributed by atoms with Gasteiger partial charge in [-0.05, 0) is 12.1 Å². The minimum atomic E-state index is -0.225. The van der Waals surface area contributed by atoms with Crippen LogP contribution in [0.3, 0.4) is 0 Å². The minimum absolute atomic E-state index is 0.184. The third-order valence-corrected chi connectivity index (χ3v) is 3.16. The standard InChI is InChI=1S/C14H12N2O2S/c17-7-3-5-11-4-1-2-6-13(11)14(18)16-9-12-8-15-10-19-12/h1-2,4,6,8,10,17H,7,9H2,(H,16,18). The molecule has 0 aliphatic carbocycles. The summed E-state index contributed by atoms with van der Waals surface area (Å²) in [5, 5.41) is 11.5. The van der Waals surface area contributed by atoms with Crippen LogP contribution in [0.5, 0.6) is 0 Å². The van der Waals surface area contributed by atoms with Crippen molar-refractivity contribution in [3.05, 3.63) is 52.0 Å². The number of benzene rings is 1. The van der Waals surface area contributed by atoms with E-state index in [-0.39, 0.29) is 12.5 Å². The van der Waals surface area contributed by atoms with Gasteiger partial charge in [-0.25, -0.2) is 0 Å². The van der Waals surface area contributed by atoms with E-state index in [0.717, 1.165) is 4.88 Å². The van der Waals surface area contributed by atoms with E-state index >= 15 is 0 Å². The van der Waals surface area contributed by atoms with Crippen LogP contribution in [0.1, 0.15) is 20.8 Å². The highest BCUT2D eigenvalue weighted by Crippen LogP contribution is 2.09. The quantitative estimate of drug-likeness (QED) is 0.831. The molecule has 0 aliphatic rings. The number of nitrogens with zero attached hydrogens (tertiary/aromatic N) is 1. The van der Waals surface area contributed by atoms with Gasteiger partial charge in [-0.3, -0.25) is 9.78 Å². The Morgan fingerprint density at radius 3 is 3.00 bits per heavy atom. The summed E-state index contributed by atoms with van der Waals surface area (Å²) in [5.41, 5.74) is 2.84. The fraction of sp³-hybridized carbons (Fsp3) is 0.143. The van der Waals surface area contributed by atoms with Gasteiger partial charge in [0.2, 0.25) is 0 Å². The molecule has 0 radical (unpaired) electrons. The zero-order valence-electron chi connectivity index (χ0n) is 10.1. The fourth-order valence-electron chi connectivity index (χ4n) is 1.52.